The topological polar surface area (TPSA) is 58.6 Å². The summed E-state index contributed by atoms with van der Waals surface area (Å²) in [5.74, 6) is -0.374. The fourth-order valence-electron chi connectivity index (χ4n) is 1.57. The number of hydrogen-bond donors (Lipinski definition) is 1. The lowest BCUT2D eigenvalue weighted by molar-refractivity contribution is -0.124. The molecule has 0 heterocycles. The molecule has 1 rings (SSSR count). The van der Waals surface area contributed by atoms with Gasteiger partial charge in [-0.05, 0) is 26.5 Å². The third kappa shape index (κ3) is 4.71. The Balaban J connectivity index is 2.56. The van der Waals surface area contributed by atoms with Crippen molar-refractivity contribution in [3.8, 4) is 0 Å². The number of carbonyl (C=O) groups is 2. The second-order valence-electron chi connectivity index (χ2n) is 4.56. The lowest BCUT2D eigenvalue weighted by Crippen LogP contribution is -2.45. The van der Waals surface area contributed by atoms with E-state index in [2.05, 4.69) is 10.1 Å². The Morgan fingerprint density at radius 1 is 1.32 bits per heavy atom. The Morgan fingerprint density at radius 3 is 2.42 bits per heavy atom. The Kier molecular flexibility index (Phi) is 5.51. The van der Waals surface area contributed by atoms with Crippen LogP contribution in [-0.4, -0.2) is 37.1 Å². The molecule has 1 aromatic rings. The second-order valence-corrected chi connectivity index (χ2v) is 4.56. The average molecular weight is 264 g/mol. The van der Waals surface area contributed by atoms with Crippen LogP contribution in [0.15, 0.2) is 24.3 Å². The highest BCUT2D eigenvalue weighted by atomic mass is 16.5. The molecule has 0 unspecified atom stereocenters. The van der Waals surface area contributed by atoms with Crippen LogP contribution >= 0.6 is 0 Å². The molecule has 0 aliphatic heterocycles. The minimum absolute atomic E-state index is 0.374. The number of likely N-dealkylation sites (N-methyl/N-ethyl adjacent to an activating group) is 1. The number of ether oxygens (including phenoxy) is 1. The van der Waals surface area contributed by atoms with Gasteiger partial charge in [-0.15, -0.1) is 0 Å². The van der Waals surface area contributed by atoms with Crippen molar-refractivity contribution in [1.29, 1.82) is 0 Å². The Morgan fingerprint density at radius 2 is 1.89 bits per heavy atom. The number of alkyl carbamates (subject to hydrolysis) is 1. The number of aryl methyl sites for hydroxylation is 1. The van der Waals surface area contributed by atoms with Crippen molar-refractivity contribution in [3.05, 3.63) is 35.4 Å². The van der Waals surface area contributed by atoms with Crippen LogP contribution in [0.1, 0.15) is 18.1 Å². The summed E-state index contributed by atoms with van der Waals surface area (Å²) in [6.07, 6.45) is -0.736. The molecule has 0 saturated carbocycles. The molecular weight excluding hydrogens is 244 g/mol. The van der Waals surface area contributed by atoms with Gasteiger partial charge in [-0.1, -0.05) is 29.8 Å². The van der Waals surface area contributed by atoms with E-state index in [0.717, 1.165) is 5.56 Å². The van der Waals surface area contributed by atoms with Crippen LogP contribution in [0.2, 0.25) is 0 Å². The van der Waals surface area contributed by atoms with E-state index in [4.69, 9.17) is 0 Å². The number of hydrogen-bond acceptors (Lipinski definition) is 4. The first kappa shape index (κ1) is 15.2. The molecule has 0 fully saturated rings. The maximum Gasteiger partial charge on any atom is 0.413 e. The summed E-state index contributed by atoms with van der Waals surface area (Å²) >= 11 is 0. The van der Waals surface area contributed by atoms with Crippen LogP contribution in [0, 0.1) is 6.92 Å². The highest BCUT2D eigenvalue weighted by molar-refractivity contribution is 5.94. The molecular formula is C14H20N2O3. The van der Waals surface area contributed by atoms with Crippen molar-refractivity contribution >= 4 is 12.0 Å². The van der Waals surface area contributed by atoms with E-state index in [0.29, 0.717) is 6.54 Å². The van der Waals surface area contributed by atoms with E-state index in [1.54, 1.807) is 6.92 Å². The minimum Gasteiger partial charge on any atom is -0.453 e. The molecule has 0 saturated heterocycles. The van der Waals surface area contributed by atoms with E-state index in [1.165, 1.54) is 12.7 Å². The number of nitrogens with zero attached hydrogens (tertiary/aromatic N) is 1. The average Bonchev–Trinajstić information content (AvgIpc) is 2.40. The third-order valence-electron chi connectivity index (χ3n) is 3.00. The summed E-state index contributed by atoms with van der Waals surface area (Å²) in [7, 11) is 3.06. The standard InChI is InChI=1S/C14H20N2O3/c1-10-5-7-12(8-6-10)9-16(3)11(2)13(17)15-14(18)19-4/h5-8,11H,9H2,1-4H3,(H,15,17,18)/t11-/m1/s1. The monoisotopic (exact) mass is 264 g/mol. The zero-order valence-corrected chi connectivity index (χ0v) is 11.8. The lowest BCUT2D eigenvalue weighted by atomic mass is 10.1. The third-order valence-corrected chi connectivity index (χ3v) is 3.00. The van der Waals surface area contributed by atoms with Gasteiger partial charge in [-0.2, -0.15) is 0 Å². The molecule has 0 aliphatic rings. The summed E-state index contributed by atoms with van der Waals surface area (Å²) in [4.78, 5) is 24.6. The van der Waals surface area contributed by atoms with Crippen molar-refractivity contribution in [2.75, 3.05) is 14.2 Å². The van der Waals surface area contributed by atoms with Crippen molar-refractivity contribution in [1.82, 2.24) is 10.2 Å². The number of nitrogens with one attached hydrogen (secondary N) is 1. The van der Waals surface area contributed by atoms with Gasteiger partial charge in [-0.3, -0.25) is 15.0 Å². The molecule has 0 aliphatic carbocycles. The molecule has 19 heavy (non-hydrogen) atoms. The van der Waals surface area contributed by atoms with Crippen molar-refractivity contribution in [2.24, 2.45) is 0 Å². The maximum atomic E-state index is 11.7. The molecule has 0 radical (unpaired) electrons. The fraction of sp³-hybridized carbons (Fsp3) is 0.429. The van der Waals surface area contributed by atoms with Crippen LogP contribution in [-0.2, 0) is 16.1 Å². The van der Waals surface area contributed by atoms with E-state index >= 15 is 0 Å². The largest absolute Gasteiger partial charge is 0.453 e. The first-order chi connectivity index (χ1) is 8.93. The SMILES string of the molecule is COC(=O)NC(=O)[C@@H](C)N(C)Cc1ccc(C)cc1. The molecule has 5 nitrogen and oxygen atoms in total. The van der Waals surface area contributed by atoms with E-state index in [-0.39, 0.29) is 5.91 Å². The van der Waals surface area contributed by atoms with Gasteiger partial charge in [0.25, 0.3) is 0 Å². The Hall–Kier alpha value is -1.88. The number of imide groups is 1. The quantitative estimate of drug-likeness (QED) is 0.899. The number of carbonyl (C=O) groups excluding carboxylic acids is 2. The maximum absolute atomic E-state index is 11.7. The lowest BCUT2D eigenvalue weighted by Gasteiger charge is -2.23. The molecule has 104 valence electrons. The van der Waals surface area contributed by atoms with Crippen LogP contribution in [0.4, 0.5) is 4.79 Å². The number of rotatable bonds is 4. The predicted molar refractivity (Wildman–Crippen MR) is 72.7 cm³/mol. The molecule has 1 N–H and O–H groups in total. The molecule has 0 bridgehead atoms. The molecule has 0 aromatic heterocycles. The summed E-state index contributed by atoms with van der Waals surface area (Å²) < 4.78 is 4.39. The Bertz CT molecular complexity index is 443. The smallest absolute Gasteiger partial charge is 0.413 e. The highest BCUT2D eigenvalue weighted by Crippen LogP contribution is 2.08. The van der Waals surface area contributed by atoms with Gasteiger partial charge in [-0.25, -0.2) is 4.79 Å². The van der Waals surface area contributed by atoms with Gasteiger partial charge in [0.2, 0.25) is 5.91 Å². The summed E-state index contributed by atoms with van der Waals surface area (Å²) in [6, 6.07) is 7.69. The van der Waals surface area contributed by atoms with Crippen molar-refractivity contribution in [3.63, 3.8) is 0 Å². The molecule has 0 spiro atoms. The second kappa shape index (κ2) is 6.89. The summed E-state index contributed by atoms with van der Waals surface area (Å²) in [5.41, 5.74) is 2.31. The molecule has 5 heteroatoms. The number of methoxy groups -OCH3 is 1. The van der Waals surface area contributed by atoms with E-state index in [9.17, 15) is 9.59 Å². The molecule has 1 atom stereocenters. The molecule has 2 amide bonds. The van der Waals surface area contributed by atoms with Crippen molar-refractivity contribution < 1.29 is 14.3 Å². The van der Waals surface area contributed by atoms with Crippen LogP contribution in [0.3, 0.4) is 0 Å². The van der Waals surface area contributed by atoms with Crippen LogP contribution < -0.4 is 5.32 Å². The number of amides is 2. The van der Waals surface area contributed by atoms with E-state index < -0.39 is 12.1 Å². The van der Waals surface area contributed by atoms with Gasteiger partial charge in [0.1, 0.15) is 0 Å². The van der Waals surface area contributed by atoms with Gasteiger partial charge in [0.05, 0.1) is 13.2 Å². The zero-order valence-electron chi connectivity index (χ0n) is 11.8. The number of benzene rings is 1. The van der Waals surface area contributed by atoms with Gasteiger partial charge in [0.15, 0.2) is 0 Å². The van der Waals surface area contributed by atoms with E-state index in [1.807, 2.05) is 43.1 Å². The van der Waals surface area contributed by atoms with Crippen LogP contribution in [0.5, 0.6) is 0 Å². The summed E-state index contributed by atoms with van der Waals surface area (Å²) in [5, 5.41) is 2.16. The van der Waals surface area contributed by atoms with Crippen molar-refractivity contribution in [2.45, 2.75) is 26.4 Å². The Labute approximate surface area is 113 Å². The normalized spacial score (nSPS) is 12.1. The fourth-order valence-corrected chi connectivity index (χ4v) is 1.57. The van der Waals surface area contributed by atoms with Crippen LogP contribution in [0.25, 0.3) is 0 Å². The first-order valence-electron chi connectivity index (χ1n) is 6.08. The molecule has 1 aromatic carbocycles. The predicted octanol–water partition coefficient (Wildman–Crippen LogP) is 1.70. The van der Waals surface area contributed by atoms with Gasteiger partial charge >= 0.3 is 6.09 Å². The zero-order chi connectivity index (χ0) is 14.4. The van der Waals surface area contributed by atoms with Gasteiger partial charge in [0, 0.05) is 6.54 Å². The first-order valence-corrected chi connectivity index (χ1v) is 6.08. The van der Waals surface area contributed by atoms with Gasteiger partial charge < -0.3 is 4.74 Å². The highest BCUT2D eigenvalue weighted by Gasteiger charge is 2.20. The summed E-state index contributed by atoms with van der Waals surface area (Å²) in [6.45, 7) is 4.41. The minimum atomic E-state index is -0.736.